The molecule has 6 N–H and O–H groups in total. The number of benzene rings is 2. The Morgan fingerprint density at radius 3 is 1.93 bits per heavy atom. The fraction of sp³-hybridized carbons (Fsp3) is 0.600. The third-order valence-electron chi connectivity index (χ3n) is 11.9. The first-order valence-electron chi connectivity index (χ1n) is 19.1. The number of Topliss-reactive ketones (excluding diaryl/α,β-unsaturated/α-hetero) is 1. The molecule has 0 radical (unpaired) electrons. The highest BCUT2D eigenvalue weighted by molar-refractivity contribution is 6.31. The van der Waals surface area contributed by atoms with Gasteiger partial charge >= 0.3 is 5.97 Å². The smallest absolute Gasteiger partial charge is 0.316 e. The number of ketones is 3. The Morgan fingerprint density at radius 1 is 0.825 bits per heavy atom. The summed E-state index contributed by atoms with van der Waals surface area (Å²) in [6.07, 6.45) is -10.0. The lowest BCUT2D eigenvalue weighted by molar-refractivity contribution is -0.330. The number of methoxy groups -OCH3 is 1. The highest BCUT2D eigenvalue weighted by Crippen LogP contribution is 2.54. The van der Waals surface area contributed by atoms with Crippen LogP contribution in [0.2, 0.25) is 0 Å². The summed E-state index contributed by atoms with van der Waals surface area (Å²) in [5.41, 5.74) is -3.88. The number of aliphatic hydroxyl groups is 3. The molecule has 3 heterocycles. The topological polar surface area (TPSA) is 254 Å². The summed E-state index contributed by atoms with van der Waals surface area (Å²) < 4.78 is 41.3. The van der Waals surface area contributed by atoms with E-state index in [1.807, 2.05) is 0 Å². The third-order valence-corrected chi connectivity index (χ3v) is 11.9. The maximum atomic E-state index is 13.9. The van der Waals surface area contributed by atoms with Crippen LogP contribution in [0.3, 0.4) is 0 Å². The summed E-state index contributed by atoms with van der Waals surface area (Å²) in [4.78, 5) is 52.8. The van der Waals surface area contributed by atoms with E-state index < -0.39 is 131 Å². The number of esters is 1. The van der Waals surface area contributed by atoms with Crippen LogP contribution in [0.5, 0.6) is 17.2 Å². The minimum atomic E-state index is -1.85. The standard InChI is InChI=1S/C40H48O17/c1-6-40(50)14-25(29-18(33(40)39(49)51-5)11-19-30(35(29)47)36(48)32-22(43)8-7-21(42)31(32)34(19)46)55-27-12-23(44)38(17(4)53-27)57-28-13-24(45)37(16(3)54-28)56-26-10-9-20(41)15(2)52-26/h7-8,11,15-17,23-28,33,37-38,42-45,47,50H,6,9-10,12-14H2,1-5H3. The predicted octanol–water partition coefficient (Wildman–Crippen LogP) is 2.29. The highest BCUT2D eigenvalue weighted by atomic mass is 16.7. The number of aromatic hydroxyl groups is 3. The molecule has 57 heavy (non-hydrogen) atoms. The second kappa shape index (κ2) is 15.6. The van der Waals surface area contributed by atoms with Gasteiger partial charge in [-0.1, -0.05) is 6.92 Å². The average molecular weight is 801 g/mol. The van der Waals surface area contributed by atoms with Crippen LogP contribution in [-0.4, -0.2) is 128 Å². The van der Waals surface area contributed by atoms with Crippen molar-refractivity contribution in [1.29, 1.82) is 0 Å². The second-order valence-corrected chi connectivity index (χ2v) is 15.5. The molecular formula is C40H48O17. The Hall–Kier alpha value is -4.04. The number of fused-ring (bicyclic) bond motifs is 3. The Labute approximate surface area is 327 Å². The minimum absolute atomic E-state index is 0.00537. The summed E-state index contributed by atoms with van der Waals surface area (Å²) in [5, 5.41) is 67.3. The third kappa shape index (κ3) is 7.23. The van der Waals surface area contributed by atoms with Crippen molar-refractivity contribution >= 4 is 23.3 Å². The first-order chi connectivity index (χ1) is 27.0. The van der Waals surface area contributed by atoms with Crippen molar-refractivity contribution in [2.24, 2.45) is 0 Å². The van der Waals surface area contributed by atoms with Crippen LogP contribution < -0.4 is 0 Å². The quantitative estimate of drug-likeness (QED) is 0.141. The molecule has 17 nitrogen and oxygen atoms in total. The van der Waals surface area contributed by atoms with Gasteiger partial charge in [0, 0.05) is 43.2 Å². The number of phenols is 3. The fourth-order valence-electron chi connectivity index (χ4n) is 8.83. The molecule has 13 unspecified atom stereocenters. The van der Waals surface area contributed by atoms with Gasteiger partial charge in [-0.25, -0.2) is 0 Å². The van der Waals surface area contributed by atoms with Crippen LogP contribution in [0.15, 0.2) is 18.2 Å². The van der Waals surface area contributed by atoms with E-state index >= 15 is 0 Å². The molecular weight excluding hydrogens is 752 g/mol. The summed E-state index contributed by atoms with van der Waals surface area (Å²) in [6.45, 7) is 6.60. The number of phenolic OH excluding ortho intramolecular Hbond substituents is 3. The van der Waals surface area contributed by atoms with Gasteiger partial charge in [-0.05, 0) is 51.0 Å². The highest BCUT2D eigenvalue weighted by Gasteiger charge is 2.53. The van der Waals surface area contributed by atoms with Crippen molar-refractivity contribution in [2.45, 2.75) is 145 Å². The summed E-state index contributed by atoms with van der Waals surface area (Å²) in [5.74, 6) is -6.15. The summed E-state index contributed by atoms with van der Waals surface area (Å²) >= 11 is 0. The van der Waals surface area contributed by atoms with E-state index in [4.69, 9.17) is 33.2 Å². The molecule has 0 aromatic heterocycles. The van der Waals surface area contributed by atoms with Crippen LogP contribution in [0, 0.1) is 0 Å². The van der Waals surface area contributed by atoms with Crippen molar-refractivity contribution in [2.75, 3.05) is 7.11 Å². The number of rotatable bonds is 8. The first kappa shape index (κ1) is 41.1. The molecule has 0 saturated carbocycles. The van der Waals surface area contributed by atoms with E-state index in [9.17, 15) is 49.8 Å². The van der Waals surface area contributed by atoms with Gasteiger partial charge in [0.15, 0.2) is 30.4 Å². The monoisotopic (exact) mass is 800 g/mol. The minimum Gasteiger partial charge on any atom is -0.507 e. The molecule has 5 aliphatic rings. The number of carbonyl (C=O) groups excluding carboxylic acids is 4. The van der Waals surface area contributed by atoms with E-state index in [2.05, 4.69) is 0 Å². The molecule has 2 aromatic carbocycles. The molecule has 2 aromatic rings. The zero-order valence-electron chi connectivity index (χ0n) is 32.1. The van der Waals surface area contributed by atoms with Crippen LogP contribution in [0.1, 0.15) is 121 Å². The van der Waals surface area contributed by atoms with E-state index in [0.717, 1.165) is 19.2 Å². The van der Waals surface area contributed by atoms with E-state index in [1.165, 1.54) is 6.07 Å². The molecule has 2 aliphatic carbocycles. The maximum Gasteiger partial charge on any atom is 0.316 e. The van der Waals surface area contributed by atoms with E-state index in [0.29, 0.717) is 12.8 Å². The van der Waals surface area contributed by atoms with Crippen LogP contribution >= 0.6 is 0 Å². The second-order valence-electron chi connectivity index (χ2n) is 15.5. The maximum absolute atomic E-state index is 13.9. The van der Waals surface area contributed by atoms with Crippen molar-refractivity contribution in [1.82, 2.24) is 0 Å². The van der Waals surface area contributed by atoms with Crippen molar-refractivity contribution in [3.8, 4) is 17.2 Å². The van der Waals surface area contributed by atoms with Crippen LogP contribution in [0.25, 0.3) is 0 Å². The van der Waals surface area contributed by atoms with Gasteiger partial charge in [0.05, 0.1) is 59.9 Å². The molecule has 17 heteroatoms. The van der Waals surface area contributed by atoms with Crippen LogP contribution in [0.4, 0.5) is 0 Å². The molecule has 0 amide bonds. The fourth-order valence-corrected chi connectivity index (χ4v) is 8.83. The molecule has 3 fully saturated rings. The Bertz CT molecular complexity index is 1920. The number of ether oxygens (including phenoxy) is 7. The lowest BCUT2D eigenvalue weighted by Gasteiger charge is -2.46. The SMILES string of the molecule is CCC1(O)CC(OC2CC(O)C(OC3CC(O)C(OC4CCC(=O)C(C)O4)C(C)O3)C(C)O2)c2c(cc3c(c2O)C(=O)c2c(O)ccc(O)c2C3=O)C1C(=O)OC. The van der Waals surface area contributed by atoms with Crippen LogP contribution in [-0.2, 0) is 42.7 Å². The van der Waals surface area contributed by atoms with Gasteiger partial charge < -0.3 is 63.8 Å². The molecule has 3 aliphatic heterocycles. The van der Waals surface area contributed by atoms with Gasteiger partial charge in [0.2, 0.25) is 5.78 Å². The van der Waals surface area contributed by atoms with Gasteiger partial charge in [0.25, 0.3) is 0 Å². The lowest BCUT2D eigenvalue weighted by Crippen LogP contribution is -2.55. The molecule has 0 spiro atoms. The predicted molar refractivity (Wildman–Crippen MR) is 191 cm³/mol. The Balaban J connectivity index is 1.11. The number of aliphatic hydroxyl groups excluding tert-OH is 2. The van der Waals surface area contributed by atoms with Gasteiger partial charge in [-0.15, -0.1) is 0 Å². The van der Waals surface area contributed by atoms with Gasteiger partial charge in [0.1, 0.15) is 41.5 Å². The van der Waals surface area contributed by atoms with Gasteiger partial charge in [-0.2, -0.15) is 0 Å². The molecule has 13 atom stereocenters. The largest absolute Gasteiger partial charge is 0.507 e. The van der Waals surface area contributed by atoms with E-state index in [-0.39, 0.29) is 48.2 Å². The molecule has 0 bridgehead atoms. The summed E-state index contributed by atoms with van der Waals surface area (Å²) in [6, 6.07) is 3.28. The van der Waals surface area contributed by atoms with Crippen molar-refractivity contribution < 1.29 is 83.0 Å². The zero-order valence-corrected chi connectivity index (χ0v) is 32.1. The average Bonchev–Trinajstić information content (AvgIpc) is 3.15. The summed E-state index contributed by atoms with van der Waals surface area (Å²) in [7, 11) is 1.12. The normalized spacial score (nSPS) is 36.6. The Morgan fingerprint density at radius 2 is 1.39 bits per heavy atom. The zero-order chi connectivity index (χ0) is 41.2. The number of hydrogen-bond donors (Lipinski definition) is 6. The molecule has 310 valence electrons. The van der Waals surface area contributed by atoms with Crippen molar-refractivity contribution in [3.05, 3.63) is 51.6 Å². The lowest BCUT2D eigenvalue weighted by atomic mass is 9.67. The molecule has 7 rings (SSSR count). The first-order valence-corrected chi connectivity index (χ1v) is 19.1. The number of hydrogen-bond acceptors (Lipinski definition) is 17. The van der Waals surface area contributed by atoms with E-state index in [1.54, 1.807) is 27.7 Å². The molecule has 3 saturated heterocycles. The van der Waals surface area contributed by atoms with Gasteiger partial charge in [-0.3, -0.25) is 19.2 Å². The Kier molecular flexibility index (Phi) is 11.3. The van der Waals surface area contributed by atoms with Crippen molar-refractivity contribution in [3.63, 3.8) is 0 Å². The number of carbonyl (C=O) groups is 4.